The van der Waals surface area contributed by atoms with Gasteiger partial charge in [-0.05, 0) is 29.0 Å². The van der Waals surface area contributed by atoms with E-state index in [0.717, 1.165) is 10.8 Å². The monoisotopic (exact) mass is 335 g/mol. The quantitative estimate of drug-likeness (QED) is 0.434. The highest BCUT2D eigenvalue weighted by Gasteiger charge is 2.13. The largest absolute Gasteiger partial charge is 0.502 e. The Kier molecular flexibility index (Phi) is 4.38. The molecule has 0 fully saturated rings. The van der Waals surface area contributed by atoms with Gasteiger partial charge in [-0.2, -0.15) is 5.10 Å². The molecule has 0 aliphatic rings. The summed E-state index contributed by atoms with van der Waals surface area (Å²) in [6.45, 7) is 0. The molecule has 25 heavy (non-hydrogen) atoms. The molecule has 2 N–H and O–H groups in total. The van der Waals surface area contributed by atoms with Gasteiger partial charge < -0.3 is 5.11 Å². The number of benzene rings is 3. The van der Waals surface area contributed by atoms with Crippen molar-refractivity contribution in [3.05, 3.63) is 81.9 Å². The Morgan fingerprint density at radius 3 is 2.68 bits per heavy atom. The first-order chi connectivity index (χ1) is 12.1. The average molecular weight is 335 g/mol. The van der Waals surface area contributed by atoms with Gasteiger partial charge in [0.1, 0.15) is 0 Å². The minimum absolute atomic E-state index is 0.378. The lowest BCUT2D eigenvalue weighted by Gasteiger charge is -2.04. The highest BCUT2D eigenvalue weighted by molar-refractivity contribution is 6.07. The van der Waals surface area contributed by atoms with Crippen LogP contribution >= 0.6 is 0 Å². The Morgan fingerprint density at radius 1 is 1.12 bits per heavy atom. The minimum Gasteiger partial charge on any atom is -0.502 e. The number of fused-ring (bicyclic) bond motifs is 1. The van der Waals surface area contributed by atoms with Crippen LogP contribution in [0.3, 0.4) is 0 Å². The third-order valence-corrected chi connectivity index (χ3v) is 3.61. The van der Waals surface area contributed by atoms with Crippen molar-refractivity contribution in [3.63, 3.8) is 0 Å². The maximum atomic E-state index is 12.3. The fraction of sp³-hybridized carbons (Fsp3) is 0. The standard InChI is InChI=1S/C18H13N3O4/c22-17-9-8-12(10-16(17)21(24)25)11-19-20-18(23)15-7-3-5-13-4-1-2-6-14(13)15/h1-11,22H,(H,20,23). The Morgan fingerprint density at radius 2 is 1.88 bits per heavy atom. The number of hydrogen-bond donors (Lipinski definition) is 2. The molecule has 0 saturated heterocycles. The van der Waals surface area contributed by atoms with Gasteiger partial charge in [0, 0.05) is 17.2 Å². The second-order valence-electron chi connectivity index (χ2n) is 5.23. The van der Waals surface area contributed by atoms with Crippen LogP contribution in [0.25, 0.3) is 10.8 Å². The van der Waals surface area contributed by atoms with E-state index in [0.29, 0.717) is 11.1 Å². The molecule has 1 amide bonds. The van der Waals surface area contributed by atoms with Crippen molar-refractivity contribution in [2.24, 2.45) is 5.10 Å². The number of phenols is 1. The first-order valence-corrected chi connectivity index (χ1v) is 7.35. The van der Waals surface area contributed by atoms with Gasteiger partial charge in [-0.15, -0.1) is 0 Å². The highest BCUT2D eigenvalue weighted by atomic mass is 16.6. The SMILES string of the molecule is O=C(NN=Cc1ccc(O)c([N+](=O)[O-])c1)c1cccc2ccccc12. The molecule has 0 atom stereocenters. The number of nitro benzene ring substituents is 1. The van der Waals surface area contributed by atoms with Gasteiger partial charge in [-0.25, -0.2) is 5.43 Å². The summed E-state index contributed by atoms with van der Waals surface area (Å²) in [5.74, 6) is -0.816. The van der Waals surface area contributed by atoms with Crippen LogP contribution in [0, 0.1) is 10.1 Å². The molecule has 0 aliphatic heterocycles. The minimum atomic E-state index is -0.693. The van der Waals surface area contributed by atoms with E-state index >= 15 is 0 Å². The van der Waals surface area contributed by atoms with E-state index < -0.39 is 16.4 Å². The van der Waals surface area contributed by atoms with Crippen LogP contribution in [0.4, 0.5) is 5.69 Å². The molecule has 0 aliphatic carbocycles. The Labute approximate surface area is 142 Å². The van der Waals surface area contributed by atoms with Gasteiger partial charge in [0.05, 0.1) is 11.1 Å². The maximum absolute atomic E-state index is 12.3. The summed E-state index contributed by atoms with van der Waals surface area (Å²) < 4.78 is 0. The van der Waals surface area contributed by atoms with Crippen molar-refractivity contribution in [1.82, 2.24) is 5.43 Å². The number of aromatic hydroxyl groups is 1. The zero-order valence-corrected chi connectivity index (χ0v) is 12.9. The topological polar surface area (TPSA) is 105 Å². The number of nitrogens with one attached hydrogen (secondary N) is 1. The van der Waals surface area contributed by atoms with Gasteiger partial charge in [0.25, 0.3) is 5.91 Å². The van der Waals surface area contributed by atoms with Gasteiger partial charge in [-0.1, -0.05) is 36.4 Å². The Hall–Kier alpha value is -3.74. The van der Waals surface area contributed by atoms with Gasteiger partial charge in [0.15, 0.2) is 5.75 Å². The first kappa shape index (κ1) is 16.1. The predicted octanol–water partition coefficient (Wildman–Crippen LogP) is 3.22. The van der Waals surface area contributed by atoms with Crippen molar-refractivity contribution < 1.29 is 14.8 Å². The molecule has 3 aromatic rings. The number of hydrazone groups is 1. The molecule has 124 valence electrons. The fourth-order valence-corrected chi connectivity index (χ4v) is 2.42. The molecule has 0 aromatic heterocycles. The van der Waals surface area contributed by atoms with E-state index in [1.54, 1.807) is 12.1 Å². The third-order valence-electron chi connectivity index (χ3n) is 3.61. The van der Waals surface area contributed by atoms with Crippen molar-refractivity contribution >= 4 is 28.6 Å². The summed E-state index contributed by atoms with van der Waals surface area (Å²) in [5, 5.41) is 25.8. The van der Waals surface area contributed by atoms with Gasteiger partial charge in [-0.3, -0.25) is 14.9 Å². The molecule has 7 heteroatoms. The molecule has 3 aromatic carbocycles. The number of nitrogens with zero attached hydrogens (tertiary/aromatic N) is 2. The summed E-state index contributed by atoms with van der Waals surface area (Å²) in [6.07, 6.45) is 1.27. The number of phenolic OH excluding ortho intramolecular Hbond substituents is 1. The van der Waals surface area contributed by atoms with Gasteiger partial charge in [0.2, 0.25) is 0 Å². The Bertz CT molecular complexity index is 993. The van der Waals surface area contributed by atoms with Gasteiger partial charge >= 0.3 is 5.69 Å². The summed E-state index contributed by atoms with van der Waals surface area (Å²) in [7, 11) is 0. The molecule has 0 bridgehead atoms. The van der Waals surface area contributed by atoms with Crippen molar-refractivity contribution in [1.29, 1.82) is 0 Å². The third kappa shape index (κ3) is 3.45. The summed E-state index contributed by atoms with van der Waals surface area (Å²) in [4.78, 5) is 22.4. The van der Waals surface area contributed by atoms with Crippen molar-refractivity contribution in [2.75, 3.05) is 0 Å². The molecule has 0 heterocycles. The van der Waals surface area contributed by atoms with Crippen LogP contribution in [0.2, 0.25) is 0 Å². The van der Waals surface area contributed by atoms with E-state index in [1.807, 2.05) is 30.3 Å². The lowest BCUT2D eigenvalue weighted by atomic mass is 10.0. The summed E-state index contributed by atoms with van der Waals surface area (Å²) >= 11 is 0. The molecule has 0 saturated carbocycles. The van der Waals surface area contributed by atoms with E-state index in [1.165, 1.54) is 24.4 Å². The average Bonchev–Trinajstić information content (AvgIpc) is 2.62. The second kappa shape index (κ2) is 6.79. The fourth-order valence-electron chi connectivity index (χ4n) is 2.42. The van der Waals surface area contributed by atoms with E-state index in [-0.39, 0.29) is 5.91 Å². The van der Waals surface area contributed by atoms with Crippen LogP contribution in [-0.2, 0) is 0 Å². The van der Waals surface area contributed by atoms with Crippen LogP contribution in [-0.4, -0.2) is 22.2 Å². The van der Waals surface area contributed by atoms with Crippen LogP contribution < -0.4 is 5.43 Å². The zero-order valence-electron chi connectivity index (χ0n) is 12.9. The van der Waals surface area contributed by atoms with E-state index in [4.69, 9.17) is 0 Å². The predicted molar refractivity (Wildman–Crippen MR) is 93.8 cm³/mol. The maximum Gasteiger partial charge on any atom is 0.311 e. The smallest absolute Gasteiger partial charge is 0.311 e. The molecule has 0 radical (unpaired) electrons. The zero-order chi connectivity index (χ0) is 17.8. The lowest BCUT2D eigenvalue weighted by Crippen LogP contribution is -2.17. The number of carbonyl (C=O) groups is 1. The molecule has 0 spiro atoms. The number of hydrogen-bond acceptors (Lipinski definition) is 5. The normalized spacial score (nSPS) is 10.9. The van der Waals surface area contributed by atoms with Crippen LogP contribution in [0.1, 0.15) is 15.9 Å². The highest BCUT2D eigenvalue weighted by Crippen LogP contribution is 2.25. The summed E-state index contributed by atoms with van der Waals surface area (Å²) in [5.41, 5.74) is 2.83. The number of carbonyl (C=O) groups excluding carboxylic acids is 1. The van der Waals surface area contributed by atoms with Crippen LogP contribution in [0.15, 0.2) is 65.8 Å². The van der Waals surface area contributed by atoms with E-state index in [2.05, 4.69) is 10.5 Å². The lowest BCUT2D eigenvalue weighted by molar-refractivity contribution is -0.385. The molecule has 0 unspecified atom stereocenters. The van der Waals surface area contributed by atoms with Crippen molar-refractivity contribution in [3.8, 4) is 5.75 Å². The number of nitro groups is 1. The molecular weight excluding hydrogens is 322 g/mol. The molecule has 7 nitrogen and oxygen atoms in total. The van der Waals surface area contributed by atoms with E-state index in [9.17, 15) is 20.0 Å². The van der Waals surface area contributed by atoms with Crippen LogP contribution in [0.5, 0.6) is 5.75 Å². The van der Waals surface area contributed by atoms with Crippen molar-refractivity contribution in [2.45, 2.75) is 0 Å². The molecule has 3 rings (SSSR count). The Balaban J connectivity index is 1.79. The summed E-state index contributed by atoms with van der Waals surface area (Å²) in [6, 6.07) is 16.7. The second-order valence-corrected chi connectivity index (χ2v) is 5.23. The molecular formula is C18H13N3O4. The number of rotatable bonds is 4. The first-order valence-electron chi connectivity index (χ1n) is 7.35. The number of amides is 1.